The summed E-state index contributed by atoms with van der Waals surface area (Å²) in [5.74, 6) is 6.95. The van der Waals surface area contributed by atoms with E-state index in [4.69, 9.17) is 12.2 Å². The van der Waals surface area contributed by atoms with E-state index < -0.39 is 11.6 Å². The maximum absolute atomic E-state index is 13.1. The minimum atomic E-state index is -0.581. The Labute approximate surface area is 277 Å². The van der Waals surface area contributed by atoms with E-state index in [2.05, 4.69) is 44.2 Å². The number of hydrogen-bond acceptors (Lipinski definition) is 3. The second kappa shape index (κ2) is 15.4. The van der Waals surface area contributed by atoms with Gasteiger partial charge in [-0.1, -0.05) is 67.9 Å². The Balaban J connectivity index is 0.00000552. The molecule has 256 valence electrons. The molecular weight excluding hydrogens is 554 g/mol. The molecule has 2 amide bonds. The van der Waals surface area contributed by atoms with E-state index in [-0.39, 0.29) is 31.1 Å². The Morgan fingerprint density at radius 3 is 2.40 bits per heavy atom. The minimum Gasteiger partial charge on any atom is -0.335 e. The fraction of sp³-hybridized carbons (Fsp3) is 0.850. The van der Waals surface area contributed by atoms with E-state index in [1.165, 1.54) is 70.6 Å². The van der Waals surface area contributed by atoms with Gasteiger partial charge in [0.1, 0.15) is 6.17 Å². The smallest absolute Gasteiger partial charge is 0.245 e. The SMILES string of the molecule is C.C#CCC(NC(=O)/C=C/CCCC1CCC2C3CCC4CCCC[C@@]4(C)C3CCC12C)NC(=O)C(C)(C)CCC(C)(C)CN. The first kappa shape index (κ1) is 37.7. The van der Waals surface area contributed by atoms with E-state index >= 15 is 0 Å². The zero-order valence-electron chi connectivity index (χ0n) is 29.1. The van der Waals surface area contributed by atoms with Gasteiger partial charge in [-0.3, -0.25) is 9.59 Å². The number of amides is 2. The number of hydrogen-bond donors (Lipinski definition) is 3. The van der Waals surface area contributed by atoms with Crippen molar-refractivity contribution in [2.75, 3.05) is 6.54 Å². The second-order valence-corrected chi connectivity index (χ2v) is 17.2. The lowest BCUT2D eigenvalue weighted by molar-refractivity contribution is -0.131. The first-order valence-corrected chi connectivity index (χ1v) is 18.2. The average Bonchev–Trinajstić information content (AvgIpc) is 3.32. The lowest BCUT2D eigenvalue weighted by Crippen LogP contribution is -2.52. The monoisotopic (exact) mass is 624 g/mol. The summed E-state index contributed by atoms with van der Waals surface area (Å²) in [6.45, 7) is 14.0. The van der Waals surface area contributed by atoms with Crippen molar-refractivity contribution >= 4 is 11.8 Å². The van der Waals surface area contributed by atoms with Crippen LogP contribution in [0.4, 0.5) is 0 Å². The number of terminal acetylenes is 1. The number of nitrogens with one attached hydrogen (secondary N) is 2. The van der Waals surface area contributed by atoms with Gasteiger partial charge in [-0.25, -0.2) is 0 Å². The minimum absolute atomic E-state index is 0. The largest absolute Gasteiger partial charge is 0.335 e. The summed E-state index contributed by atoms with van der Waals surface area (Å²) in [6.07, 6.45) is 28.3. The van der Waals surface area contributed by atoms with Gasteiger partial charge in [0.2, 0.25) is 11.8 Å². The van der Waals surface area contributed by atoms with Crippen LogP contribution in [0, 0.1) is 63.6 Å². The van der Waals surface area contributed by atoms with E-state index in [1.807, 2.05) is 19.9 Å². The number of unbranched alkanes of at least 4 members (excludes halogenated alkanes) is 1. The molecule has 0 aromatic carbocycles. The molecule has 5 heteroatoms. The molecule has 0 spiro atoms. The summed E-state index contributed by atoms with van der Waals surface area (Å²) < 4.78 is 0. The summed E-state index contributed by atoms with van der Waals surface area (Å²) >= 11 is 0. The number of rotatable bonds is 13. The maximum Gasteiger partial charge on any atom is 0.245 e. The molecule has 0 aromatic heterocycles. The van der Waals surface area contributed by atoms with Gasteiger partial charge in [0.25, 0.3) is 0 Å². The number of nitrogens with two attached hydrogens (primary N) is 1. The molecule has 0 heterocycles. The third-order valence-electron chi connectivity index (χ3n) is 13.5. The Hall–Kier alpha value is -1.80. The van der Waals surface area contributed by atoms with Crippen molar-refractivity contribution in [2.45, 2.75) is 158 Å². The quantitative estimate of drug-likeness (QED) is 0.0830. The highest BCUT2D eigenvalue weighted by molar-refractivity contribution is 5.88. The van der Waals surface area contributed by atoms with Gasteiger partial charge in [-0.15, -0.1) is 12.3 Å². The summed E-state index contributed by atoms with van der Waals surface area (Å²) in [5, 5.41) is 5.88. The van der Waals surface area contributed by atoms with Crippen LogP contribution in [0.3, 0.4) is 0 Å². The summed E-state index contributed by atoms with van der Waals surface area (Å²) in [5.41, 5.74) is 6.40. The molecule has 0 aliphatic heterocycles. The Morgan fingerprint density at radius 1 is 0.956 bits per heavy atom. The van der Waals surface area contributed by atoms with Gasteiger partial charge in [-0.05, 0) is 142 Å². The van der Waals surface area contributed by atoms with Crippen molar-refractivity contribution in [3.05, 3.63) is 12.2 Å². The van der Waals surface area contributed by atoms with Crippen LogP contribution in [0.25, 0.3) is 0 Å². The molecule has 4 N–H and O–H groups in total. The highest BCUT2D eigenvalue weighted by Gasteiger charge is 2.59. The van der Waals surface area contributed by atoms with Crippen LogP contribution in [-0.2, 0) is 9.59 Å². The molecule has 45 heavy (non-hydrogen) atoms. The molecule has 4 fully saturated rings. The van der Waals surface area contributed by atoms with E-state index in [9.17, 15) is 9.59 Å². The van der Waals surface area contributed by atoms with Crippen molar-refractivity contribution in [3.63, 3.8) is 0 Å². The van der Waals surface area contributed by atoms with Gasteiger partial charge in [0, 0.05) is 11.8 Å². The topological polar surface area (TPSA) is 84.2 Å². The fourth-order valence-corrected chi connectivity index (χ4v) is 10.2. The van der Waals surface area contributed by atoms with Gasteiger partial charge in [-0.2, -0.15) is 0 Å². The van der Waals surface area contributed by atoms with E-state index in [0.717, 1.165) is 48.9 Å². The predicted molar refractivity (Wildman–Crippen MR) is 189 cm³/mol. The Bertz CT molecular complexity index is 1070. The third kappa shape index (κ3) is 8.57. The van der Waals surface area contributed by atoms with Crippen LogP contribution >= 0.6 is 0 Å². The van der Waals surface area contributed by atoms with Gasteiger partial charge >= 0.3 is 0 Å². The number of carbonyl (C=O) groups is 2. The van der Waals surface area contributed by atoms with Crippen LogP contribution in [-0.4, -0.2) is 24.5 Å². The normalized spacial score (nSPS) is 33.6. The van der Waals surface area contributed by atoms with Gasteiger partial charge in [0.05, 0.1) is 0 Å². The highest BCUT2D eigenvalue weighted by Crippen LogP contribution is 2.67. The van der Waals surface area contributed by atoms with Crippen molar-refractivity contribution < 1.29 is 9.59 Å². The second-order valence-electron chi connectivity index (χ2n) is 17.2. The highest BCUT2D eigenvalue weighted by atomic mass is 16.2. The molecule has 0 saturated heterocycles. The van der Waals surface area contributed by atoms with Crippen molar-refractivity contribution in [3.8, 4) is 12.3 Å². The Kier molecular flexibility index (Phi) is 12.9. The van der Waals surface area contributed by atoms with Crippen molar-refractivity contribution in [2.24, 2.45) is 57.0 Å². The molecule has 7 unspecified atom stereocenters. The molecule has 0 aromatic rings. The molecule has 4 aliphatic rings. The van der Waals surface area contributed by atoms with Crippen LogP contribution in [0.15, 0.2) is 12.2 Å². The van der Waals surface area contributed by atoms with E-state index in [0.29, 0.717) is 23.8 Å². The van der Waals surface area contributed by atoms with Crippen LogP contribution in [0.1, 0.15) is 152 Å². The predicted octanol–water partition coefficient (Wildman–Crippen LogP) is 8.77. The van der Waals surface area contributed by atoms with Crippen LogP contribution in [0.2, 0.25) is 0 Å². The zero-order chi connectivity index (χ0) is 32.2. The number of carbonyl (C=O) groups excluding carboxylic acids is 2. The molecule has 8 atom stereocenters. The van der Waals surface area contributed by atoms with Crippen molar-refractivity contribution in [1.29, 1.82) is 0 Å². The molecule has 0 bridgehead atoms. The summed E-state index contributed by atoms with van der Waals surface area (Å²) in [7, 11) is 0. The zero-order valence-corrected chi connectivity index (χ0v) is 29.1. The lowest BCUT2D eigenvalue weighted by Gasteiger charge is -2.60. The molecule has 5 nitrogen and oxygen atoms in total. The molecule has 0 radical (unpaired) electrons. The third-order valence-corrected chi connectivity index (χ3v) is 13.5. The average molecular weight is 624 g/mol. The van der Waals surface area contributed by atoms with Gasteiger partial charge < -0.3 is 16.4 Å². The van der Waals surface area contributed by atoms with Gasteiger partial charge in [0.15, 0.2) is 0 Å². The Morgan fingerprint density at radius 2 is 1.69 bits per heavy atom. The van der Waals surface area contributed by atoms with Crippen molar-refractivity contribution in [1.82, 2.24) is 10.6 Å². The fourth-order valence-electron chi connectivity index (χ4n) is 10.2. The standard InChI is InChI=1S/C39H65N3O2.CH4/c1-8-14-33(42-35(44)37(4,5)26-25-36(2,3)27-40)41-34(43)17-11-9-10-15-29-19-21-31-30-20-18-28-16-12-13-23-38(28,6)32(30)22-24-39(29,31)7;/h1,11,17,28-33H,9-10,12-16,18-27,40H2,2-7H3,(H,41,43)(H,42,44);1H4/b17-11+;/t28?,29?,30?,31?,32?,33?,38-,39?;/m1./s1. The first-order chi connectivity index (χ1) is 20.8. The van der Waals surface area contributed by atoms with Crippen LogP contribution < -0.4 is 16.4 Å². The molecule has 4 aliphatic carbocycles. The maximum atomic E-state index is 13.1. The lowest BCUT2D eigenvalue weighted by atomic mass is 9.45. The van der Waals surface area contributed by atoms with Crippen LogP contribution in [0.5, 0.6) is 0 Å². The number of fused-ring (bicyclic) bond motifs is 5. The van der Waals surface area contributed by atoms with E-state index in [1.54, 1.807) is 6.08 Å². The molecule has 4 saturated carbocycles. The first-order valence-electron chi connectivity index (χ1n) is 18.2. The molecular formula is C40H69N3O2. The summed E-state index contributed by atoms with van der Waals surface area (Å²) in [6, 6.07) is 0. The number of allylic oxidation sites excluding steroid dienone is 1. The molecule has 4 rings (SSSR count). The summed E-state index contributed by atoms with van der Waals surface area (Å²) in [4.78, 5) is 25.8.